The van der Waals surface area contributed by atoms with Gasteiger partial charge >= 0.3 is 0 Å². The molecule has 1 fully saturated rings. The first-order valence-electron chi connectivity index (χ1n) is 21.2. The van der Waals surface area contributed by atoms with Gasteiger partial charge in [-0.15, -0.1) is 0 Å². The van der Waals surface area contributed by atoms with Gasteiger partial charge in [-0.1, -0.05) is 201 Å². The molecule has 1 saturated carbocycles. The predicted octanol–water partition coefficient (Wildman–Crippen LogP) is 14.8. The Kier molecular flexibility index (Phi) is 9.08. The Balaban J connectivity index is 0.872. The number of fused-ring (bicyclic) bond motifs is 5. The van der Waals surface area contributed by atoms with E-state index in [1.54, 1.807) is 5.56 Å². The van der Waals surface area contributed by atoms with Crippen LogP contribution < -0.4 is 0 Å². The molecule has 0 N–H and O–H groups in total. The number of rotatable bonds is 7. The SMILES string of the molecule is c1ccc(-c2cccc(-c3nc(-c4ccccc4)nc(-c4cccc(-c5ccc(-c6ccc(-c7ccc8c(c7)-c7ccccc7C87CCCCC7)cc6)cc5)c4)n3)c2)cc1. The van der Waals surface area contributed by atoms with Crippen molar-refractivity contribution in [2.75, 3.05) is 0 Å². The highest BCUT2D eigenvalue weighted by atomic mass is 15.0. The summed E-state index contributed by atoms with van der Waals surface area (Å²) in [6.45, 7) is 0. The summed E-state index contributed by atoms with van der Waals surface area (Å²) in [7, 11) is 0. The zero-order valence-corrected chi connectivity index (χ0v) is 33.4. The molecular weight excluding hydrogens is 727 g/mol. The van der Waals surface area contributed by atoms with Gasteiger partial charge < -0.3 is 0 Å². The van der Waals surface area contributed by atoms with Crippen LogP contribution in [0.4, 0.5) is 0 Å². The third-order valence-electron chi connectivity index (χ3n) is 12.8. The molecule has 0 amide bonds. The fourth-order valence-corrected chi connectivity index (χ4v) is 9.71. The Hall–Kier alpha value is -7.23. The van der Waals surface area contributed by atoms with Crippen LogP contribution in [-0.2, 0) is 5.41 Å². The Morgan fingerprint density at radius 2 is 0.650 bits per heavy atom. The van der Waals surface area contributed by atoms with Crippen LogP contribution >= 0.6 is 0 Å². The standard InChI is InChI=1S/C57H43N3/c1-4-14-39(15-5-1)45-18-12-20-48(36-45)55-58-54(44-16-6-2-7-17-44)59-56(60-55)49-21-13-19-46(37-49)42-28-24-40(25-29-42)41-26-30-43(31-27-41)47-32-33-53-51(38-47)50-22-8-9-23-52(50)57(53)34-10-3-11-35-57/h1-2,4-9,12-33,36-38H,3,10-11,34-35H2. The lowest BCUT2D eigenvalue weighted by atomic mass is 9.68. The minimum absolute atomic E-state index is 0.193. The molecule has 1 aromatic heterocycles. The minimum Gasteiger partial charge on any atom is -0.208 e. The molecule has 0 bridgehead atoms. The normalized spacial score (nSPS) is 13.8. The highest BCUT2D eigenvalue weighted by Crippen LogP contribution is 2.56. The molecule has 0 atom stereocenters. The predicted molar refractivity (Wildman–Crippen MR) is 247 cm³/mol. The summed E-state index contributed by atoms with van der Waals surface area (Å²) >= 11 is 0. The molecule has 0 saturated heterocycles. The monoisotopic (exact) mass is 769 g/mol. The second-order valence-corrected chi connectivity index (χ2v) is 16.3. The first-order valence-corrected chi connectivity index (χ1v) is 21.2. The van der Waals surface area contributed by atoms with E-state index in [-0.39, 0.29) is 5.41 Å². The van der Waals surface area contributed by atoms with Crippen LogP contribution in [0.1, 0.15) is 43.2 Å². The Bertz CT molecular complexity index is 2980. The highest BCUT2D eigenvalue weighted by Gasteiger charge is 2.43. The second-order valence-electron chi connectivity index (χ2n) is 16.3. The maximum atomic E-state index is 5.08. The third kappa shape index (κ3) is 6.53. The van der Waals surface area contributed by atoms with Crippen molar-refractivity contribution >= 4 is 0 Å². The molecule has 3 nitrogen and oxygen atoms in total. The van der Waals surface area contributed by atoms with E-state index in [0.29, 0.717) is 17.5 Å². The Morgan fingerprint density at radius 3 is 1.22 bits per heavy atom. The smallest absolute Gasteiger partial charge is 0.164 e. The first kappa shape index (κ1) is 35.9. The first-order chi connectivity index (χ1) is 29.7. The fourth-order valence-electron chi connectivity index (χ4n) is 9.71. The molecule has 8 aromatic carbocycles. The molecule has 0 radical (unpaired) electrons. The number of hydrogen-bond donors (Lipinski definition) is 0. The molecule has 0 aliphatic heterocycles. The van der Waals surface area contributed by atoms with Gasteiger partial charge in [0.15, 0.2) is 17.5 Å². The molecule has 1 spiro atoms. The molecule has 11 rings (SSSR count). The molecule has 2 aliphatic carbocycles. The summed E-state index contributed by atoms with van der Waals surface area (Å²) in [6, 6.07) is 71.8. The lowest BCUT2D eigenvalue weighted by Gasteiger charge is -2.36. The topological polar surface area (TPSA) is 38.7 Å². The summed E-state index contributed by atoms with van der Waals surface area (Å²) < 4.78 is 0. The molecule has 9 aromatic rings. The summed E-state index contributed by atoms with van der Waals surface area (Å²) in [4.78, 5) is 15.1. The van der Waals surface area contributed by atoms with E-state index in [1.165, 1.54) is 71.0 Å². The van der Waals surface area contributed by atoms with Crippen LogP contribution in [-0.4, -0.2) is 15.0 Å². The van der Waals surface area contributed by atoms with Crippen molar-refractivity contribution in [1.29, 1.82) is 0 Å². The maximum Gasteiger partial charge on any atom is 0.164 e. The van der Waals surface area contributed by atoms with E-state index >= 15 is 0 Å². The number of aromatic nitrogens is 3. The Morgan fingerprint density at radius 1 is 0.267 bits per heavy atom. The van der Waals surface area contributed by atoms with E-state index in [2.05, 4.69) is 164 Å². The van der Waals surface area contributed by atoms with Crippen LogP contribution in [0, 0.1) is 0 Å². The molecule has 60 heavy (non-hydrogen) atoms. The molecular formula is C57H43N3. The fraction of sp³-hybridized carbons (Fsp3) is 0.105. The van der Waals surface area contributed by atoms with Crippen LogP contribution in [0.3, 0.4) is 0 Å². The zero-order chi connectivity index (χ0) is 39.9. The van der Waals surface area contributed by atoms with Crippen LogP contribution in [0.25, 0.3) is 89.8 Å². The van der Waals surface area contributed by atoms with E-state index in [4.69, 9.17) is 15.0 Å². The van der Waals surface area contributed by atoms with Crippen LogP contribution in [0.2, 0.25) is 0 Å². The van der Waals surface area contributed by atoms with E-state index in [1.807, 2.05) is 36.4 Å². The molecule has 286 valence electrons. The largest absolute Gasteiger partial charge is 0.208 e. The highest BCUT2D eigenvalue weighted by molar-refractivity contribution is 5.85. The summed E-state index contributed by atoms with van der Waals surface area (Å²) in [6.07, 6.45) is 6.50. The van der Waals surface area contributed by atoms with Crippen molar-refractivity contribution < 1.29 is 0 Å². The van der Waals surface area contributed by atoms with Gasteiger partial charge in [-0.2, -0.15) is 0 Å². The molecule has 1 heterocycles. The van der Waals surface area contributed by atoms with Crippen molar-refractivity contribution in [3.8, 4) is 89.8 Å². The van der Waals surface area contributed by atoms with Crippen molar-refractivity contribution in [2.45, 2.75) is 37.5 Å². The quantitative estimate of drug-likeness (QED) is 0.162. The number of benzene rings is 8. The zero-order valence-electron chi connectivity index (χ0n) is 33.4. The van der Waals surface area contributed by atoms with E-state index in [0.717, 1.165) is 38.9 Å². The van der Waals surface area contributed by atoms with Gasteiger partial charge in [-0.05, 0) is 97.8 Å². The molecule has 3 heteroatoms. The van der Waals surface area contributed by atoms with E-state index < -0.39 is 0 Å². The third-order valence-corrected chi connectivity index (χ3v) is 12.8. The lowest BCUT2D eigenvalue weighted by molar-refractivity contribution is 0.353. The van der Waals surface area contributed by atoms with Gasteiger partial charge in [0.2, 0.25) is 0 Å². The average molecular weight is 770 g/mol. The van der Waals surface area contributed by atoms with Gasteiger partial charge in [0, 0.05) is 22.1 Å². The van der Waals surface area contributed by atoms with Crippen molar-refractivity contribution in [1.82, 2.24) is 15.0 Å². The molecule has 2 aliphatic rings. The number of hydrogen-bond acceptors (Lipinski definition) is 3. The van der Waals surface area contributed by atoms with Gasteiger partial charge in [-0.3, -0.25) is 0 Å². The Labute approximate surface area is 352 Å². The maximum absolute atomic E-state index is 5.08. The van der Waals surface area contributed by atoms with Crippen molar-refractivity contribution in [3.63, 3.8) is 0 Å². The summed E-state index contributed by atoms with van der Waals surface area (Å²) in [5.41, 5.74) is 18.4. The lowest BCUT2D eigenvalue weighted by Crippen LogP contribution is -2.27. The number of nitrogens with zero attached hydrogens (tertiary/aromatic N) is 3. The van der Waals surface area contributed by atoms with Crippen molar-refractivity contribution in [3.05, 3.63) is 211 Å². The van der Waals surface area contributed by atoms with Gasteiger partial charge in [-0.25, -0.2) is 15.0 Å². The van der Waals surface area contributed by atoms with Gasteiger partial charge in [0.1, 0.15) is 0 Å². The van der Waals surface area contributed by atoms with E-state index in [9.17, 15) is 0 Å². The van der Waals surface area contributed by atoms with Gasteiger partial charge in [0.05, 0.1) is 0 Å². The summed E-state index contributed by atoms with van der Waals surface area (Å²) in [5, 5.41) is 0. The van der Waals surface area contributed by atoms with Gasteiger partial charge in [0.25, 0.3) is 0 Å². The summed E-state index contributed by atoms with van der Waals surface area (Å²) in [5.74, 6) is 1.94. The minimum atomic E-state index is 0.193. The van der Waals surface area contributed by atoms with Crippen LogP contribution in [0.15, 0.2) is 200 Å². The van der Waals surface area contributed by atoms with Crippen molar-refractivity contribution in [2.24, 2.45) is 0 Å². The second kappa shape index (κ2) is 15.2. The molecule has 0 unspecified atom stereocenters. The average Bonchev–Trinajstić information content (AvgIpc) is 3.60. The van der Waals surface area contributed by atoms with Crippen LogP contribution in [0.5, 0.6) is 0 Å².